The Morgan fingerprint density at radius 2 is 2.16 bits per heavy atom. The van der Waals surface area contributed by atoms with E-state index in [-0.39, 0.29) is 17.9 Å². The molecule has 1 atom stereocenters. The minimum Gasteiger partial charge on any atom is -0.480 e. The highest BCUT2D eigenvalue weighted by Crippen LogP contribution is 2.25. The van der Waals surface area contributed by atoms with Crippen LogP contribution in [0.3, 0.4) is 0 Å². The molecule has 1 N–H and O–H groups in total. The molecule has 0 aliphatic carbocycles. The third kappa shape index (κ3) is 2.74. The standard InChI is InChI=1S/C11H13FN2O4S/c12-8-5-9(7-13-6-8)19(17,18)14-4-2-1-3-10(14)11(15)16/h5-7,10H,1-4H2,(H,15,16)/t10-/m1/s1. The van der Waals surface area contributed by atoms with E-state index in [0.29, 0.717) is 12.8 Å². The van der Waals surface area contributed by atoms with Crippen molar-refractivity contribution in [3.63, 3.8) is 0 Å². The normalized spacial score (nSPS) is 21.2. The third-order valence-corrected chi connectivity index (χ3v) is 4.90. The maximum absolute atomic E-state index is 13.1. The van der Waals surface area contributed by atoms with Crippen LogP contribution in [0.25, 0.3) is 0 Å². The van der Waals surface area contributed by atoms with E-state index < -0.39 is 27.9 Å². The number of sulfonamides is 1. The number of carboxylic acids is 1. The third-order valence-electron chi connectivity index (χ3n) is 3.03. The molecule has 0 unspecified atom stereocenters. The molecule has 1 aliphatic rings. The van der Waals surface area contributed by atoms with Crippen LogP contribution in [0.2, 0.25) is 0 Å². The molecule has 1 fully saturated rings. The average Bonchev–Trinajstić information content (AvgIpc) is 2.38. The number of halogens is 1. The maximum atomic E-state index is 13.1. The van der Waals surface area contributed by atoms with E-state index in [0.717, 1.165) is 22.8 Å². The van der Waals surface area contributed by atoms with Gasteiger partial charge in [-0.1, -0.05) is 0 Å². The number of hydrogen-bond donors (Lipinski definition) is 1. The van der Waals surface area contributed by atoms with Gasteiger partial charge >= 0.3 is 5.97 Å². The van der Waals surface area contributed by atoms with Crippen molar-refractivity contribution < 1.29 is 22.7 Å². The lowest BCUT2D eigenvalue weighted by Crippen LogP contribution is -2.47. The summed E-state index contributed by atoms with van der Waals surface area (Å²) < 4.78 is 38.6. The molecule has 2 rings (SSSR count). The SMILES string of the molecule is O=C(O)[C@H]1CCCCN1S(=O)(=O)c1cncc(F)c1. The Labute approximate surface area is 109 Å². The van der Waals surface area contributed by atoms with Gasteiger partial charge in [-0.3, -0.25) is 9.78 Å². The first kappa shape index (κ1) is 13.9. The zero-order chi connectivity index (χ0) is 14.0. The zero-order valence-corrected chi connectivity index (χ0v) is 10.8. The molecule has 0 amide bonds. The van der Waals surface area contributed by atoms with Gasteiger partial charge < -0.3 is 5.11 Å². The second-order valence-corrected chi connectivity index (χ2v) is 6.19. The lowest BCUT2D eigenvalue weighted by atomic mass is 10.1. The molecule has 2 heterocycles. The molecule has 1 aliphatic heterocycles. The van der Waals surface area contributed by atoms with E-state index in [1.807, 2.05) is 0 Å². The molecule has 19 heavy (non-hydrogen) atoms. The summed E-state index contributed by atoms with van der Waals surface area (Å²) in [6.45, 7) is 0.121. The van der Waals surface area contributed by atoms with Crippen molar-refractivity contribution in [1.29, 1.82) is 0 Å². The average molecular weight is 288 g/mol. The highest BCUT2D eigenvalue weighted by Gasteiger charge is 2.37. The summed E-state index contributed by atoms with van der Waals surface area (Å²) in [6, 6.07) is -0.252. The molecule has 0 bridgehead atoms. The van der Waals surface area contributed by atoms with E-state index >= 15 is 0 Å². The topological polar surface area (TPSA) is 87.6 Å². The number of pyridine rings is 1. The number of aliphatic carboxylic acids is 1. The molecule has 8 heteroatoms. The predicted molar refractivity (Wildman–Crippen MR) is 63.4 cm³/mol. The zero-order valence-electron chi connectivity index (χ0n) is 9.99. The van der Waals surface area contributed by atoms with Crippen molar-refractivity contribution in [2.24, 2.45) is 0 Å². The van der Waals surface area contributed by atoms with Gasteiger partial charge in [-0.25, -0.2) is 12.8 Å². The van der Waals surface area contributed by atoms with Crippen LogP contribution < -0.4 is 0 Å². The summed E-state index contributed by atoms with van der Waals surface area (Å²) in [5, 5.41) is 9.08. The van der Waals surface area contributed by atoms with Gasteiger partial charge in [0.25, 0.3) is 0 Å². The van der Waals surface area contributed by atoms with Crippen molar-refractivity contribution in [2.75, 3.05) is 6.54 Å². The summed E-state index contributed by atoms with van der Waals surface area (Å²) >= 11 is 0. The number of nitrogens with zero attached hydrogens (tertiary/aromatic N) is 2. The summed E-state index contributed by atoms with van der Waals surface area (Å²) in [5.41, 5.74) is 0. The number of carboxylic acid groups (broad SMARTS) is 1. The van der Waals surface area contributed by atoms with Gasteiger partial charge in [-0.15, -0.1) is 0 Å². The van der Waals surface area contributed by atoms with Crippen molar-refractivity contribution in [3.05, 3.63) is 24.3 Å². The summed E-state index contributed by atoms with van der Waals surface area (Å²) in [6.07, 6.45) is 3.42. The summed E-state index contributed by atoms with van der Waals surface area (Å²) in [7, 11) is -4.03. The number of carbonyl (C=O) groups is 1. The van der Waals surface area contributed by atoms with E-state index in [9.17, 15) is 17.6 Å². The second kappa shape index (κ2) is 5.22. The quantitative estimate of drug-likeness (QED) is 0.890. The Hall–Kier alpha value is -1.54. The van der Waals surface area contributed by atoms with E-state index in [2.05, 4.69) is 4.98 Å². The summed E-state index contributed by atoms with van der Waals surface area (Å²) in [4.78, 5) is 14.3. The van der Waals surface area contributed by atoms with E-state index in [1.54, 1.807) is 0 Å². The molecule has 0 spiro atoms. The fraction of sp³-hybridized carbons (Fsp3) is 0.455. The maximum Gasteiger partial charge on any atom is 0.322 e. The molecule has 1 aromatic heterocycles. The van der Waals surface area contributed by atoms with E-state index in [1.165, 1.54) is 0 Å². The molecular formula is C11H13FN2O4S. The van der Waals surface area contributed by atoms with Crippen molar-refractivity contribution in [2.45, 2.75) is 30.2 Å². The number of piperidine rings is 1. The smallest absolute Gasteiger partial charge is 0.322 e. The molecule has 0 radical (unpaired) electrons. The highest BCUT2D eigenvalue weighted by atomic mass is 32.2. The molecule has 0 saturated carbocycles. The monoisotopic (exact) mass is 288 g/mol. The van der Waals surface area contributed by atoms with Gasteiger partial charge in [-0.05, 0) is 25.3 Å². The van der Waals surface area contributed by atoms with Crippen molar-refractivity contribution in [1.82, 2.24) is 9.29 Å². The molecule has 6 nitrogen and oxygen atoms in total. The Morgan fingerprint density at radius 3 is 2.79 bits per heavy atom. The van der Waals surface area contributed by atoms with Crippen LogP contribution in [0, 0.1) is 5.82 Å². The van der Waals surface area contributed by atoms with E-state index in [4.69, 9.17) is 5.11 Å². The molecule has 1 saturated heterocycles. The van der Waals surface area contributed by atoms with Crippen LogP contribution in [-0.4, -0.2) is 41.4 Å². The van der Waals surface area contributed by atoms with Gasteiger partial charge in [0.05, 0.1) is 6.20 Å². The van der Waals surface area contributed by atoms with Crippen LogP contribution in [-0.2, 0) is 14.8 Å². The Balaban J connectivity index is 2.40. The van der Waals surface area contributed by atoms with Crippen LogP contribution in [0.4, 0.5) is 4.39 Å². The Morgan fingerprint density at radius 1 is 1.42 bits per heavy atom. The molecule has 104 valence electrons. The predicted octanol–water partition coefficient (Wildman–Crippen LogP) is 0.848. The molecular weight excluding hydrogens is 275 g/mol. The van der Waals surface area contributed by atoms with Crippen molar-refractivity contribution in [3.8, 4) is 0 Å². The summed E-state index contributed by atoms with van der Waals surface area (Å²) in [5.74, 6) is -1.96. The van der Waals surface area contributed by atoms with Gasteiger partial charge in [0.1, 0.15) is 16.8 Å². The van der Waals surface area contributed by atoms with Gasteiger partial charge in [0.2, 0.25) is 10.0 Å². The number of rotatable bonds is 3. The lowest BCUT2D eigenvalue weighted by molar-refractivity contribution is -0.142. The number of aromatic nitrogens is 1. The van der Waals surface area contributed by atoms with Gasteiger partial charge in [0.15, 0.2) is 0 Å². The van der Waals surface area contributed by atoms with Crippen molar-refractivity contribution >= 4 is 16.0 Å². The fourth-order valence-electron chi connectivity index (χ4n) is 2.11. The van der Waals surface area contributed by atoms with Gasteiger partial charge in [0, 0.05) is 12.7 Å². The fourth-order valence-corrected chi connectivity index (χ4v) is 3.73. The first-order valence-electron chi connectivity index (χ1n) is 5.78. The second-order valence-electron chi connectivity index (χ2n) is 4.30. The van der Waals surface area contributed by atoms with Crippen LogP contribution in [0.15, 0.2) is 23.4 Å². The number of hydrogen-bond acceptors (Lipinski definition) is 4. The molecule has 1 aromatic rings. The minimum absolute atomic E-state index is 0.121. The largest absolute Gasteiger partial charge is 0.480 e. The van der Waals surface area contributed by atoms with Crippen LogP contribution in [0.1, 0.15) is 19.3 Å². The molecule has 0 aromatic carbocycles. The van der Waals surface area contributed by atoms with Crippen LogP contribution in [0.5, 0.6) is 0 Å². The first-order chi connectivity index (χ1) is 8.93. The Kier molecular flexibility index (Phi) is 3.81. The highest BCUT2D eigenvalue weighted by molar-refractivity contribution is 7.89. The van der Waals surface area contributed by atoms with Crippen LogP contribution >= 0.6 is 0 Å². The lowest BCUT2D eigenvalue weighted by Gasteiger charge is -2.31. The minimum atomic E-state index is -4.03. The Bertz CT molecular complexity index is 590. The first-order valence-corrected chi connectivity index (χ1v) is 7.22. The van der Waals surface area contributed by atoms with Gasteiger partial charge in [-0.2, -0.15) is 4.31 Å².